The molecule has 9 nitrogen and oxygen atoms in total. The Balaban J connectivity index is 1.87. The summed E-state index contributed by atoms with van der Waals surface area (Å²) in [7, 11) is 4.09. The molecule has 3 rings (SSSR count). The van der Waals surface area contributed by atoms with Crippen LogP contribution in [-0.4, -0.2) is 72.8 Å². The quantitative estimate of drug-likeness (QED) is 0.315. The van der Waals surface area contributed by atoms with Gasteiger partial charge in [-0.25, -0.2) is 13.8 Å². The summed E-state index contributed by atoms with van der Waals surface area (Å²) < 4.78 is 78.5. The highest BCUT2D eigenvalue weighted by atomic mass is 19.4. The molecule has 2 unspecified atom stereocenters. The summed E-state index contributed by atoms with van der Waals surface area (Å²) in [6.07, 6.45) is -3.29. The molecule has 0 saturated carbocycles. The van der Waals surface area contributed by atoms with Crippen molar-refractivity contribution in [1.29, 1.82) is 5.41 Å². The second kappa shape index (κ2) is 11.8. The van der Waals surface area contributed by atoms with Crippen molar-refractivity contribution in [3.63, 3.8) is 0 Å². The molecule has 3 N–H and O–H groups in total. The summed E-state index contributed by atoms with van der Waals surface area (Å²) in [6, 6.07) is 5.69. The number of ether oxygens (including phenoxy) is 2. The lowest BCUT2D eigenvalue weighted by Crippen LogP contribution is -2.58. The number of nitrogens with one attached hydrogen (secondary N) is 3. The minimum Gasteiger partial charge on any atom is -0.497 e. The van der Waals surface area contributed by atoms with Crippen LogP contribution in [0.25, 0.3) is 5.57 Å². The number of piperidine rings is 1. The number of hydrogen-bond donors (Lipinski definition) is 3. The molecule has 0 bridgehead atoms. The lowest BCUT2D eigenvalue weighted by Gasteiger charge is -2.43. The minimum absolute atomic E-state index is 0.154. The van der Waals surface area contributed by atoms with Crippen LogP contribution in [0.15, 0.2) is 36.7 Å². The van der Waals surface area contributed by atoms with Gasteiger partial charge in [-0.1, -0.05) is 19.1 Å². The van der Waals surface area contributed by atoms with Crippen molar-refractivity contribution in [2.45, 2.75) is 31.5 Å². The number of halogens is 5. The van der Waals surface area contributed by atoms with E-state index in [4.69, 9.17) is 14.9 Å². The van der Waals surface area contributed by atoms with Gasteiger partial charge in [-0.3, -0.25) is 10.2 Å². The maximum absolute atomic E-state index is 14.6. The topological polar surface area (TPSA) is 112 Å². The molecule has 39 heavy (non-hydrogen) atoms. The van der Waals surface area contributed by atoms with Crippen LogP contribution in [0.3, 0.4) is 0 Å². The fourth-order valence-electron chi connectivity index (χ4n) is 4.35. The van der Waals surface area contributed by atoms with E-state index >= 15 is 0 Å². The highest BCUT2D eigenvalue weighted by Gasteiger charge is 2.47. The minimum atomic E-state index is -4.74. The van der Waals surface area contributed by atoms with Gasteiger partial charge in [-0.15, -0.1) is 0 Å². The summed E-state index contributed by atoms with van der Waals surface area (Å²) in [5.74, 6) is -5.26. The Bertz CT molecular complexity index is 1220. The molecule has 1 fully saturated rings. The van der Waals surface area contributed by atoms with Crippen molar-refractivity contribution in [1.82, 2.24) is 20.2 Å². The monoisotopic (exact) mass is 556 g/mol. The molecular formula is C25H29F5N6O3. The van der Waals surface area contributed by atoms with E-state index < -0.39 is 60.1 Å². The molecule has 2 heterocycles. The molecule has 1 aliphatic rings. The first-order valence-electron chi connectivity index (χ1n) is 11.8. The summed E-state index contributed by atoms with van der Waals surface area (Å²) in [6.45, 7) is 0.446. The highest BCUT2D eigenvalue weighted by Crippen LogP contribution is 2.36. The lowest BCUT2D eigenvalue weighted by atomic mass is 9.87. The van der Waals surface area contributed by atoms with Crippen LogP contribution in [0.1, 0.15) is 24.5 Å². The van der Waals surface area contributed by atoms with Gasteiger partial charge in [0.25, 0.3) is 11.8 Å². The number of likely N-dealkylation sites (tertiary alicyclic amines) is 1. The highest BCUT2D eigenvalue weighted by molar-refractivity contribution is 6.54. The molecule has 1 aromatic carbocycles. The zero-order valence-corrected chi connectivity index (χ0v) is 21.7. The fraction of sp³-hybridized carbons (Fsp3) is 0.440. The Labute approximate surface area is 221 Å². The Morgan fingerprint density at radius 1 is 1.23 bits per heavy atom. The molecule has 1 aliphatic heterocycles. The SMILES string of the molecule is CN/C=C(\C(=N)C(=O)N1CC(F)(F)CC(C)C1CNc1ncc(C(F)(F)F)c(OC)n1)c1ccc(OC)cc1. The third-order valence-corrected chi connectivity index (χ3v) is 6.24. The van der Waals surface area contributed by atoms with Gasteiger partial charge < -0.3 is 25.0 Å². The summed E-state index contributed by atoms with van der Waals surface area (Å²) in [5.41, 5.74) is -1.03. The number of aromatic nitrogens is 2. The molecule has 1 saturated heterocycles. The van der Waals surface area contributed by atoms with Gasteiger partial charge in [0, 0.05) is 38.0 Å². The van der Waals surface area contributed by atoms with Crippen LogP contribution in [0.2, 0.25) is 0 Å². The summed E-state index contributed by atoms with van der Waals surface area (Å²) >= 11 is 0. The second-order valence-electron chi connectivity index (χ2n) is 8.98. The number of anilines is 1. The van der Waals surface area contributed by atoms with Crippen LogP contribution >= 0.6 is 0 Å². The van der Waals surface area contributed by atoms with Crippen LogP contribution in [0, 0.1) is 11.3 Å². The first-order valence-corrected chi connectivity index (χ1v) is 11.8. The van der Waals surface area contributed by atoms with Crippen LogP contribution in [0.5, 0.6) is 11.6 Å². The van der Waals surface area contributed by atoms with Gasteiger partial charge in [0.15, 0.2) is 0 Å². The van der Waals surface area contributed by atoms with Gasteiger partial charge in [0.1, 0.15) is 17.0 Å². The van der Waals surface area contributed by atoms with Gasteiger partial charge in [-0.05, 0) is 23.6 Å². The number of methoxy groups -OCH3 is 2. The molecule has 2 atom stereocenters. The average molecular weight is 557 g/mol. The van der Waals surface area contributed by atoms with Crippen LogP contribution in [0.4, 0.5) is 27.9 Å². The predicted molar refractivity (Wildman–Crippen MR) is 134 cm³/mol. The predicted octanol–water partition coefficient (Wildman–Crippen LogP) is 4.08. The third kappa shape index (κ3) is 6.92. The summed E-state index contributed by atoms with van der Waals surface area (Å²) in [5, 5.41) is 14.1. The van der Waals surface area contributed by atoms with Crippen molar-refractivity contribution in [3.8, 4) is 11.6 Å². The maximum atomic E-state index is 14.6. The zero-order chi connectivity index (χ0) is 29.0. The number of alkyl halides is 5. The van der Waals surface area contributed by atoms with Crippen molar-refractivity contribution in [2.75, 3.05) is 39.7 Å². The molecule has 212 valence electrons. The molecule has 1 amide bonds. The first-order chi connectivity index (χ1) is 18.3. The largest absolute Gasteiger partial charge is 0.497 e. The molecule has 2 aromatic rings. The Morgan fingerprint density at radius 3 is 2.46 bits per heavy atom. The molecule has 0 radical (unpaired) electrons. The number of nitrogens with zero attached hydrogens (tertiary/aromatic N) is 3. The van der Waals surface area contributed by atoms with Gasteiger partial charge >= 0.3 is 6.18 Å². The van der Waals surface area contributed by atoms with Crippen molar-refractivity contribution < 1.29 is 36.2 Å². The van der Waals surface area contributed by atoms with E-state index in [2.05, 4.69) is 20.6 Å². The van der Waals surface area contributed by atoms with Crippen molar-refractivity contribution in [3.05, 3.63) is 47.8 Å². The average Bonchev–Trinajstić information content (AvgIpc) is 2.89. The van der Waals surface area contributed by atoms with Crippen LogP contribution < -0.4 is 20.1 Å². The number of rotatable bonds is 9. The smallest absolute Gasteiger partial charge is 0.423 e. The Hall–Kier alpha value is -3.97. The number of carbonyl (C=O) groups excluding carboxylic acids is 1. The number of amides is 1. The zero-order valence-electron chi connectivity index (χ0n) is 21.7. The lowest BCUT2D eigenvalue weighted by molar-refractivity contribution is -0.145. The van der Waals surface area contributed by atoms with Gasteiger partial charge in [0.2, 0.25) is 11.8 Å². The number of benzene rings is 1. The normalized spacial score (nSPS) is 19.3. The van der Waals surface area contributed by atoms with E-state index in [1.54, 1.807) is 31.3 Å². The van der Waals surface area contributed by atoms with Gasteiger partial charge in [-0.2, -0.15) is 18.2 Å². The van der Waals surface area contributed by atoms with Crippen molar-refractivity contribution >= 4 is 23.1 Å². The molecule has 14 heteroatoms. The van der Waals surface area contributed by atoms with E-state index in [1.807, 2.05) is 0 Å². The molecular weight excluding hydrogens is 527 g/mol. The van der Waals surface area contributed by atoms with E-state index in [-0.39, 0.29) is 18.1 Å². The van der Waals surface area contributed by atoms with Crippen LogP contribution in [-0.2, 0) is 11.0 Å². The Morgan fingerprint density at radius 2 is 1.90 bits per heavy atom. The number of carbonyl (C=O) groups is 1. The standard InChI is InChI=1S/C25H29F5N6O3/c1-14-9-24(26,27)13-36(19(14)12-34-23-33-11-18(25(28,29)30)21(35-23)39-4)22(37)20(31)17(10-32-2)15-5-7-16(38-3)8-6-15/h5-8,10-11,14,19,31-32H,9,12-13H2,1-4H3,(H,33,34,35)/b17-10-,31-20?. The molecule has 0 spiro atoms. The molecule has 1 aromatic heterocycles. The second-order valence-corrected chi connectivity index (χ2v) is 8.98. The van der Waals surface area contributed by atoms with Crippen molar-refractivity contribution in [2.24, 2.45) is 5.92 Å². The Kier molecular flexibility index (Phi) is 8.97. The molecule has 0 aliphatic carbocycles. The fourth-order valence-corrected chi connectivity index (χ4v) is 4.35. The third-order valence-electron chi connectivity index (χ3n) is 6.24. The number of hydrogen-bond acceptors (Lipinski definition) is 8. The van der Waals surface area contributed by atoms with E-state index in [9.17, 15) is 26.7 Å². The summed E-state index contributed by atoms with van der Waals surface area (Å²) in [4.78, 5) is 21.8. The maximum Gasteiger partial charge on any atom is 0.423 e. The first kappa shape index (κ1) is 29.6. The van der Waals surface area contributed by atoms with Gasteiger partial charge in [0.05, 0.1) is 26.8 Å². The van der Waals surface area contributed by atoms with E-state index in [0.29, 0.717) is 17.5 Å². The van der Waals surface area contributed by atoms with E-state index in [0.717, 1.165) is 12.0 Å². The van der Waals surface area contributed by atoms with E-state index in [1.165, 1.54) is 20.2 Å².